The van der Waals surface area contributed by atoms with Crippen LogP contribution in [0, 0.1) is 11.8 Å². The van der Waals surface area contributed by atoms with E-state index in [1.807, 2.05) is 0 Å². The van der Waals surface area contributed by atoms with E-state index in [1.54, 1.807) is 7.05 Å². The fraction of sp³-hybridized carbons (Fsp3) is 0.812. The van der Waals surface area contributed by atoms with Crippen molar-refractivity contribution in [3.8, 4) is 0 Å². The van der Waals surface area contributed by atoms with Crippen LogP contribution in [0.15, 0.2) is 24.3 Å². The largest absolute Gasteiger partial charge is 0.450 e. The molecule has 0 aromatic rings. The normalized spacial score (nSPS) is 28.4. The number of hydrogen-bond donors (Lipinski definition) is 1. The minimum Gasteiger partial charge on any atom is -0.450 e. The molecule has 3 aliphatic rings. The molecule has 0 aromatic heterocycles. The average Bonchev–Trinajstić information content (AvgIpc) is 3.27. The van der Waals surface area contributed by atoms with E-state index in [0.29, 0.717) is 19.4 Å². The molecular formula is C32H53NO7. The molecule has 3 fully saturated rings. The van der Waals surface area contributed by atoms with E-state index in [-0.39, 0.29) is 42.4 Å². The molecule has 8 heteroatoms. The quantitative estimate of drug-likeness (QED) is 0.157. The van der Waals surface area contributed by atoms with E-state index in [4.69, 9.17) is 23.7 Å². The third-order valence-corrected chi connectivity index (χ3v) is 8.04. The maximum Gasteiger partial charge on any atom is 0.406 e. The van der Waals surface area contributed by atoms with Crippen molar-refractivity contribution in [1.29, 1.82) is 0 Å². The standard InChI is InChI=1S/C32H53NO7/c1-3-4-8-15-25(39-30-17-10-13-21-36-30)19-20-27-26(16-9-6-5-7-12-23-38-32(35)33-2)28(34)24-29(27)40-31-18-11-14-22-37-31/h6,9,19-20,25-27,29-31H,3-5,7-8,10-18,21-24H2,1-2H3,(H,33,35)/b9-6-,20-19+/t25-,26+,27+,29+,30?,31?/m0/s1. The lowest BCUT2D eigenvalue weighted by molar-refractivity contribution is -0.192. The molecule has 2 heterocycles. The highest BCUT2D eigenvalue weighted by molar-refractivity contribution is 5.85. The van der Waals surface area contributed by atoms with Gasteiger partial charge in [-0.05, 0) is 70.6 Å². The molecular weight excluding hydrogens is 510 g/mol. The zero-order valence-corrected chi connectivity index (χ0v) is 24.9. The molecule has 2 saturated heterocycles. The van der Waals surface area contributed by atoms with Gasteiger partial charge >= 0.3 is 6.09 Å². The predicted octanol–water partition coefficient (Wildman–Crippen LogP) is 6.62. The van der Waals surface area contributed by atoms with Crippen LogP contribution in [0.25, 0.3) is 0 Å². The lowest BCUT2D eigenvalue weighted by Crippen LogP contribution is -2.31. The van der Waals surface area contributed by atoms with Crippen molar-refractivity contribution in [2.24, 2.45) is 11.8 Å². The number of nitrogens with one attached hydrogen (secondary N) is 1. The van der Waals surface area contributed by atoms with Gasteiger partial charge in [0.2, 0.25) is 0 Å². The van der Waals surface area contributed by atoms with E-state index >= 15 is 0 Å². The van der Waals surface area contributed by atoms with Crippen LogP contribution >= 0.6 is 0 Å². The van der Waals surface area contributed by atoms with E-state index in [0.717, 1.165) is 83.8 Å². The molecule has 1 N–H and O–H groups in total. The highest BCUT2D eigenvalue weighted by atomic mass is 16.7. The van der Waals surface area contributed by atoms with Crippen LogP contribution in [0.2, 0.25) is 0 Å². The number of hydrogen-bond acceptors (Lipinski definition) is 7. The summed E-state index contributed by atoms with van der Waals surface area (Å²) in [6, 6.07) is 0. The molecule has 0 aromatic carbocycles. The van der Waals surface area contributed by atoms with Gasteiger partial charge in [0.1, 0.15) is 5.78 Å². The Morgan fingerprint density at radius 3 is 2.50 bits per heavy atom. The molecule has 1 saturated carbocycles. The lowest BCUT2D eigenvalue weighted by Gasteiger charge is -2.29. The minimum absolute atomic E-state index is 0.00631. The first-order chi connectivity index (χ1) is 19.6. The lowest BCUT2D eigenvalue weighted by atomic mass is 9.90. The van der Waals surface area contributed by atoms with Gasteiger partial charge in [-0.1, -0.05) is 50.5 Å². The highest BCUT2D eigenvalue weighted by Crippen LogP contribution is 2.37. The average molecular weight is 564 g/mol. The van der Waals surface area contributed by atoms with Crippen LogP contribution < -0.4 is 5.32 Å². The summed E-state index contributed by atoms with van der Waals surface area (Å²) in [5, 5.41) is 2.45. The Morgan fingerprint density at radius 2 is 1.80 bits per heavy atom. The van der Waals surface area contributed by atoms with Crippen LogP contribution in [-0.4, -0.2) is 63.5 Å². The maximum atomic E-state index is 13.2. The summed E-state index contributed by atoms with van der Waals surface area (Å²) in [6.07, 6.45) is 22.1. The van der Waals surface area contributed by atoms with Crippen LogP contribution in [0.4, 0.5) is 4.79 Å². The first-order valence-corrected chi connectivity index (χ1v) is 15.8. The minimum atomic E-state index is -0.394. The van der Waals surface area contributed by atoms with Crippen molar-refractivity contribution in [3.05, 3.63) is 24.3 Å². The molecule has 0 bridgehead atoms. The number of Topliss-reactive ketones (excluding diaryl/α,β-unsaturated/α-hetero) is 1. The van der Waals surface area contributed by atoms with Crippen LogP contribution in [0.5, 0.6) is 0 Å². The van der Waals surface area contributed by atoms with Gasteiger partial charge in [-0.25, -0.2) is 4.79 Å². The Hall–Kier alpha value is -1.74. The van der Waals surface area contributed by atoms with Crippen LogP contribution in [0.3, 0.4) is 0 Å². The number of carbonyl (C=O) groups excluding carboxylic acids is 2. The summed E-state index contributed by atoms with van der Waals surface area (Å²) in [7, 11) is 1.56. The summed E-state index contributed by atoms with van der Waals surface area (Å²) < 4.78 is 29.6. The Morgan fingerprint density at radius 1 is 1.02 bits per heavy atom. The summed E-state index contributed by atoms with van der Waals surface area (Å²) in [5.74, 6) is 0.145. The predicted molar refractivity (Wildman–Crippen MR) is 155 cm³/mol. The molecule has 8 nitrogen and oxygen atoms in total. The highest BCUT2D eigenvalue weighted by Gasteiger charge is 2.42. The number of unbranched alkanes of at least 4 members (excludes halogenated alkanes) is 4. The van der Waals surface area contributed by atoms with Gasteiger partial charge < -0.3 is 29.0 Å². The molecule has 0 radical (unpaired) electrons. The summed E-state index contributed by atoms with van der Waals surface area (Å²) >= 11 is 0. The molecule has 1 amide bonds. The topological polar surface area (TPSA) is 92.3 Å². The van der Waals surface area contributed by atoms with Crippen molar-refractivity contribution in [3.63, 3.8) is 0 Å². The smallest absolute Gasteiger partial charge is 0.406 e. The molecule has 2 unspecified atom stereocenters. The van der Waals surface area contributed by atoms with Gasteiger partial charge in [-0.2, -0.15) is 0 Å². The van der Waals surface area contributed by atoms with Crippen molar-refractivity contribution in [1.82, 2.24) is 5.32 Å². The first kappa shape index (κ1) is 32.8. The Kier molecular flexibility index (Phi) is 15.9. The van der Waals surface area contributed by atoms with Crippen molar-refractivity contribution in [2.45, 2.75) is 128 Å². The summed E-state index contributed by atoms with van der Waals surface area (Å²) in [5.41, 5.74) is 0. The third kappa shape index (κ3) is 12.0. The van der Waals surface area contributed by atoms with Gasteiger partial charge in [0.25, 0.3) is 0 Å². The second-order valence-corrected chi connectivity index (χ2v) is 11.3. The summed E-state index contributed by atoms with van der Waals surface area (Å²) in [6.45, 7) is 4.12. The molecule has 1 aliphatic carbocycles. The van der Waals surface area contributed by atoms with Crippen LogP contribution in [-0.2, 0) is 28.5 Å². The molecule has 6 atom stereocenters. The molecule has 228 valence electrons. The zero-order valence-electron chi connectivity index (χ0n) is 24.9. The number of ether oxygens (including phenoxy) is 5. The monoisotopic (exact) mass is 563 g/mol. The first-order valence-electron chi connectivity index (χ1n) is 15.8. The van der Waals surface area contributed by atoms with E-state index < -0.39 is 6.09 Å². The maximum absolute atomic E-state index is 13.2. The number of carbonyl (C=O) groups is 2. The molecule has 3 rings (SSSR count). The Labute approximate surface area is 241 Å². The zero-order chi connectivity index (χ0) is 28.4. The number of allylic oxidation sites excluding steroid dienone is 2. The van der Waals surface area contributed by atoms with Crippen molar-refractivity contribution >= 4 is 11.9 Å². The Bertz CT molecular complexity index is 773. The second kappa shape index (κ2) is 19.4. The second-order valence-electron chi connectivity index (χ2n) is 11.3. The van der Waals surface area contributed by atoms with E-state index in [1.165, 1.54) is 12.8 Å². The molecule has 40 heavy (non-hydrogen) atoms. The van der Waals surface area contributed by atoms with Crippen molar-refractivity contribution < 1.29 is 33.3 Å². The van der Waals surface area contributed by atoms with Crippen molar-refractivity contribution in [2.75, 3.05) is 26.9 Å². The third-order valence-electron chi connectivity index (χ3n) is 8.04. The Balaban J connectivity index is 1.61. The fourth-order valence-corrected chi connectivity index (χ4v) is 5.69. The SMILES string of the molecule is CCCCC[C@@H](/C=C/[C@H]1[C@H](OC2CCCCO2)CC(=O)[C@@H]1C/C=C\CCCCOC(=O)NC)OC1CCCCO1. The van der Waals surface area contributed by atoms with E-state index in [2.05, 4.69) is 36.5 Å². The summed E-state index contributed by atoms with van der Waals surface area (Å²) in [4.78, 5) is 24.4. The fourth-order valence-electron chi connectivity index (χ4n) is 5.69. The molecule has 0 spiro atoms. The van der Waals surface area contributed by atoms with Gasteiger partial charge in [0.05, 0.1) is 18.8 Å². The van der Waals surface area contributed by atoms with Crippen LogP contribution in [0.1, 0.15) is 103 Å². The van der Waals surface area contributed by atoms with Gasteiger partial charge in [-0.3, -0.25) is 4.79 Å². The number of rotatable bonds is 17. The molecule has 2 aliphatic heterocycles. The van der Waals surface area contributed by atoms with Gasteiger partial charge in [-0.15, -0.1) is 0 Å². The number of alkyl carbamates (subject to hydrolysis) is 1. The van der Waals surface area contributed by atoms with Gasteiger partial charge in [0.15, 0.2) is 12.6 Å². The number of ketones is 1. The number of amides is 1. The van der Waals surface area contributed by atoms with E-state index in [9.17, 15) is 9.59 Å². The van der Waals surface area contributed by atoms with Gasteiger partial charge in [0, 0.05) is 38.5 Å².